The Bertz CT molecular complexity index is 675. The zero-order valence-corrected chi connectivity index (χ0v) is 10.9. The maximum Gasteiger partial charge on any atom is 0.141 e. The Balaban J connectivity index is 2.04. The van der Waals surface area contributed by atoms with Gasteiger partial charge in [-0.05, 0) is 24.1 Å². The average Bonchev–Trinajstić information content (AvgIpc) is 2.89. The molecule has 3 nitrogen and oxygen atoms in total. The molecule has 18 heavy (non-hydrogen) atoms. The number of nitrogens with one attached hydrogen (secondary N) is 1. The van der Waals surface area contributed by atoms with Gasteiger partial charge in [0.2, 0.25) is 0 Å². The molecule has 3 rings (SSSR count). The maximum absolute atomic E-state index is 4.38. The lowest BCUT2D eigenvalue weighted by Crippen LogP contribution is -1.88. The number of fused-ring (bicyclic) bond motifs is 1. The summed E-state index contributed by atoms with van der Waals surface area (Å²) in [6, 6.07) is 10.5. The van der Waals surface area contributed by atoms with E-state index in [1.165, 1.54) is 10.5 Å². The van der Waals surface area contributed by atoms with Crippen LogP contribution in [0.1, 0.15) is 12.5 Å². The molecule has 0 aliphatic heterocycles. The molecular formula is C14H13N3S. The topological polar surface area (TPSA) is 41.6 Å². The van der Waals surface area contributed by atoms with E-state index in [0.29, 0.717) is 0 Å². The molecule has 0 fully saturated rings. The van der Waals surface area contributed by atoms with Crippen molar-refractivity contribution in [2.24, 2.45) is 0 Å². The van der Waals surface area contributed by atoms with Gasteiger partial charge in [-0.2, -0.15) is 0 Å². The van der Waals surface area contributed by atoms with E-state index in [4.69, 9.17) is 0 Å². The van der Waals surface area contributed by atoms with Crippen LogP contribution in [0, 0.1) is 0 Å². The van der Waals surface area contributed by atoms with Crippen molar-refractivity contribution in [1.29, 1.82) is 0 Å². The first-order valence-electron chi connectivity index (χ1n) is 5.92. The number of hydrogen-bond donors (Lipinski definition) is 1. The third-order valence-corrected chi connectivity index (χ3v) is 4.01. The van der Waals surface area contributed by atoms with E-state index in [1.807, 2.05) is 12.3 Å². The molecule has 0 spiro atoms. The summed E-state index contributed by atoms with van der Waals surface area (Å²) in [7, 11) is 0. The van der Waals surface area contributed by atoms with Crippen LogP contribution in [0.2, 0.25) is 0 Å². The van der Waals surface area contributed by atoms with E-state index in [1.54, 1.807) is 18.1 Å². The number of benzene rings is 1. The molecule has 0 aliphatic rings. The van der Waals surface area contributed by atoms with E-state index in [-0.39, 0.29) is 0 Å². The number of aromatic amines is 1. The first-order chi connectivity index (χ1) is 8.88. The fraction of sp³-hybridized carbons (Fsp3) is 0.143. The van der Waals surface area contributed by atoms with Crippen LogP contribution in [0.3, 0.4) is 0 Å². The summed E-state index contributed by atoms with van der Waals surface area (Å²) in [6.07, 6.45) is 4.54. The Kier molecular flexibility index (Phi) is 3.02. The van der Waals surface area contributed by atoms with Gasteiger partial charge in [0.05, 0.1) is 5.39 Å². The Labute approximate surface area is 110 Å². The van der Waals surface area contributed by atoms with Gasteiger partial charge in [0.1, 0.15) is 17.0 Å². The molecule has 0 amide bonds. The minimum absolute atomic E-state index is 0.890. The van der Waals surface area contributed by atoms with Gasteiger partial charge >= 0.3 is 0 Å². The van der Waals surface area contributed by atoms with Gasteiger partial charge < -0.3 is 4.98 Å². The SMILES string of the molecule is CCc1ccccc1Sc1ncnc2[nH]ccc12. The van der Waals surface area contributed by atoms with E-state index < -0.39 is 0 Å². The number of rotatable bonds is 3. The molecule has 0 saturated heterocycles. The smallest absolute Gasteiger partial charge is 0.141 e. The Morgan fingerprint density at radius 3 is 2.94 bits per heavy atom. The largest absolute Gasteiger partial charge is 0.346 e. The quantitative estimate of drug-likeness (QED) is 0.726. The van der Waals surface area contributed by atoms with Crippen molar-refractivity contribution in [3.05, 3.63) is 48.4 Å². The third kappa shape index (κ3) is 1.99. The molecule has 0 unspecified atom stereocenters. The molecule has 0 aliphatic carbocycles. The van der Waals surface area contributed by atoms with Gasteiger partial charge in [-0.3, -0.25) is 0 Å². The molecule has 0 atom stereocenters. The van der Waals surface area contributed by atoms with E-state index >= 15 is 0 Å². The van der Waals surface area contributed by atoms with Crippen molar-refractivity contribution in [3.8, 4) is 0 Å². The second-order valence-corrected chi connectivity index (χ2v) is 5.01. The van der Waals surface area contributed by atoms with Gasteiger partial charge in [-0.15, -0.1) is 0 Å². The molecule has 90 valence electrons. The molecule has 0 saturated carbocycles. The summed E-state index contributed by atoms with van der Waals surface area (Å²) < 4.78 is 0. The van der Waals surface area contributed by atoms with E-state index in [9.17, 15) is 0 Å². The van der Waals surface area contributed by atoms with Gasteiger partial charge in [-0.25, -0.2) is 9.97 Å². The number of aryl methyl sites for hydroxylation is 1. The molecular weight excluding hydrogens is 242 g/mol. The zero-order chi connectivity index (χ0) is 12.4. The van der Waals surface area contributed by atoms with Gasteiger partial charge in [0.15, 0.2) is 0 Å². The predicted molar refractivity (Wildman–Crippen MR) is 73.8 cm³/mol. The van der Waals surface area contributed by atoms with E-state index in [0.717, 1.165) is 22.5 Å². The van der Waals surface area contributed by atoms with Crippen molar-refractivity contribution in [1.82, 2.24) is 15.0 Å². The van der Waals surface area contributed by atoms with Crippen LogP contribution < -0.4 is 0 Å². The fourth-order valence-corrected chi connectivity index (χ4v) is 3.00. The van der Waals surface area contributed by atoms with Crippen molar-refractivity contribution in [2.45, 2.75) is 23.3 Å². The van der Waals surface area contributed by atoms with Crippen LogP contribution >= 0.6 is 11.8 Å². The summed E-state index contributed by atoms with van der Waals surface area (Å²) in [5.74, 6) is 0. The summed E-state index contributed by atoms with van der Waals surface area (Å²) in [5, 5.41) is 2.08. The molecule has 2 aromatic heterocycles. The lowest BCUT2D eigenvalue weighted by Gasteiger charge is -2.06. The van der Waals surface area contributed by atoms with Gasteiger partial charge in [-0.1, -0.05) is 36.9 Å². The minimum Gasteiger partial charge on any atom is -0.346 e. The third-order valence-electron chi connectivity index (χ3n) is 2.88. The fourth-order valence-electron chi connectivity index (χ4n) is 1.93. The summed E-state index contributed by atoms with van der Waals surface area (Å²) in [5.41, 5.74) is 2.24. The number of nitrogens with zero attached hydrogens (tertiary/aromatic N) is 2. The second kappa shape index (κ2) is 4.82. The van der Waals surface area contributed by atoms with E-state index in [2.05, 4.69) is 46.1 Å². The van der Waals surface area contributed by atoms with Crippen molar-refractivity contribution >= 4 is 22.8 Å². The molecule has 1 N–H and O–H groups in total. The van der Waals surface area contributed by atoms with Crippen LogP contribution in [0.25, 0.3) is 11.0 Å². The van der Waals surface area contributed by atoms with Crippen molar-refractivity contribution in [3.63, 3.8) is 0 Å². The second-order valence-electron chi connectivity index (χ2n) is 3.98. The summed E-state index contributed by atoms with van der Waals surface area (Å²) in [4.78, 5) is 13.0. The van der Waals surface area contributed by atoms with Gasteiger partial charge in [0.25, 0.3) is 0 Å². The molecule has 0 radical (unpaired) electrons. The maximum atomic E-state index is 4.38. The Morgan fingerprint density at radius 1 is 1.17 bits per heavy atom. The van der Waals surface area contributed by atoms with Crippen molar-refractivity contribution < 1.29 is 0 Å². The Hall–Kier alpha value is -1.81. The monoisotopic (exact) mass is 255 g/mol. The predicted octanol–water partition coefficient (Wildman–Crippen LogP) is 3.67. The molecule has 1 aromatic carbocycles. The standard InChI is InChI=1S/C14H13N3S/c1-2-10-5-3-4-6-12(10)18-14-11-7-8-15-13(11)16-9-17-14/h3-9H,2H2,1H3,(H,15,16,17). The molecule has 2 heterocycles. The van der Waals surface area contributed by atoms with Crippen LogP contribution in [-0.4, -0.2) is 15.0 Å². The Morgan fingerprint density at radius 2 is 2.06 bits per heavy atom. The highest BCUT2D eigenvalue weighted by molar-refractivity contribution is 7.99. The van der Waals surface area contributed by atoms with Crippen molar-refractivity contribution in [2.75, 3.05) is 0 Å². The minimum atomic E-state index is 0.890. The van der Waals surface area contributed by atoms with Crippen LogP contribution in [-0.2, 0) is 6.42 Å². The highest BCUT2D eigenvalue weighted by atomic mass is 32.2. The molecule has 4 heteroatoms. The summed E-state index contributed by atoms with van der Waals surface area (Å²) >= 11 is 1.70. The molecule has 0 bridgehead atoms. The van der Waals surface area contributed by atoms with Crippen LogP contribution in [0.4, 0.5) is 0 Å². The highest BCUT2D eigenvalue weighted by Gasteiger charge is 2.08. The zero-order valence-electron chi connectivity index (χ0n) is 10.1. The molecule has 3 aromatic rings. The lowest BCUT2D eigenvalue weighted by molar-refractivity contribution is 1.06. The summed E-state index contributed by atoms with van der Waals surface area (Å²) in [6.45, 7) is 2.17. The normalized spacial score (nSPS) is 10.9. The lowest BCUT2D eigenvalue weighted by atomic mass is 10.2. The number of H-pyrrole nitrogens is 1. The van der Waals surface area contributed by atoms with Crippen LogP contribution in [0.5, 0.6) is 0 Å². The van der Waals surface area contributed by atoms with Crippen LogP contribution in [0.15, 0.2) is 52.8 Å². The number of hydrogen-bond acceptors (Lipinski definition) is 3. The van der Waals surface area contributed by atoms with Gasteiger partial charge in [0, 0.05) is 11.1 Å². The first kappa shape index (κ1) is 11.3. The average molecular weight is 255 g/mol. The highest BCUT2D eigenvalue weighted by Crippen LogP contribution is 2.32. The first-order valence-corrected chi connectivity index (χ1v) is 6.74. The number of aromatic nitrogens is 3.